The van der Waals surface area contributed by atoms with Gasteiger partial charge in [-0.05, 0) is 48.9 Å². The third-order valence-electron chi connectivity index (χ3n) is 8.82. The Balaban J connectivity index is 1.86. The summed E-state index contributed by atoms with van der Waals surface area (Å²) in [5.41, 5.74) is -2.17. The van der Waals surface area contributed by atoms with Crippen molar-refractivity contribution in [1.82, 2.24) is 0 Å². The molecular weight excluding hydrogens is 344 g/mol. The smallest absolute Gasteiger partial charge is 0.302 e. The maximum Gasteiger partial charge on any atom is 0.302 e. The maximum absolute atomic E-state index is 13.4. The Morgan fingerprint density at radius 3 is 2.52 bits per heavy atom. The van der Waals surface area contributed by atoms with Gasteiger partial charge in [-0.15, -0.1) is 0 Å². The molecule has 0 aliphatic heterocycles. The Hall–Kier alpha value is -1.20. The number of fused-ring (bicyclic) bond motifs is 3. The first kappa shape index (κ1) is 19.1. The molecule has 4 fully saturated rings. The van der Waals surface area contributed by atoms with E-state index in [-0.39, 0.29) is 46.9 Å². The number of carbonyl (C=O) groups excluding carboxylic acids is 2. The number of hydrogen-bond donors (Lipinski definition) is 2. The predicted octanol–water partition coefficient (Wildman–Crippen LogP) is 2.78. The van der Waals surface area contributed by atoms with E-state index < -0.39 is 17.1 Å². The lowest BCUT2D eigenvalue weighted by atomic mass is 9.40. The SMILES string of the molecule is C=C1C(=O)[C@@]23CC[C@@H]4C(C)(C)[C@H](O)CC[C@@]4(C)[C@@H]2[C@@H](OC(C)=O)C[C@]1(O)C3. The Morgan fingerprint density at radius 1 is 1.22 bits per heavy atom. The zero-order chi connectivity index (χ0) is 20.0. The summed E-state index contributed by atoms with van der Waals surface area (Å²) in [6, 6.07) is 0. The zero-order valence-electron chi connectivity index (χ0n) is 16.9. The summed E-state index contributed by atoms with van der Waals surface area (Å²) in [6.07, 6.45) is 2.74. The summed E-state index contributed by atoms with van der Waals surface area (Å²) in [5, 5.41) is 21.8. The highest BCUT2D eigenvalue weighted by atomic mass is 16.5. The molecule has 0 aromatic rings. The monoisotopic (exact) mass is 376 g/mol. The molecule has 0 radical (unpaired) electrons. The normalized spacial score (nSPS) is 50.7. The van der Waals surface area contributed by atoms with E-state index in [0.717, 1.165) is 12.8 Å². The predicted molar refractivity (Wildman–Crippen MR) is 99.7 cm³/mol. The van der Waals surface area contributed by atoms with Crippen LogP contribution >= 0.6 is 0 Å². The lowest BCUT2D eigenvalue weighted by molar-refractivity contribution is -0.226. The van der Waals surface area contributed by atoms with Gasteiger partial charge >= 0.3 is 5.97 Å². The summed E-state index contributed by atoms with van der Waals surface area (Å²) < 4.78 is 5.75. The van der Waals surface area contributed by atoms with Crippen LogP contribution in [-0.2, 0) is 14.3 Å². The third kappa shape index (κ3) is 2.24. The van der Waals surface area contributed by atoms with Gasteiger partial charge < -0.3 is 14.9 Å². The minimum atomic E-state index is -1.26. The van der Waals surface area contributed by atoms with Crippen LogP contribution in [0.15, 0.2) is 12.2 Å². The van der Waals surface area contributed by atoms with E-state index >= 15 is 0 Å². The average molecular weight is 376 g/mol. The number of aliphatic hydroxyl groups excluding tert-OH is 1. The van der Waals surface area contributed by atoms with Crippen LogP contribution in [0.4, 0.5) is 0 Å². The first-order valence-electron chi connectivity index (χ1n) is 10.2. The molecule has 4 aliphatic rings. The Morgan fingerprint density at radius 2 is 1.89 bits per heavy atom. The van der Waals surface area contributed by atoms with Gasteiger partial charge in [0, 0.05) is 30.3 Å². The second-order valence-electron chi connectivity index (χ2n) is 10.5. The van der Waals surface area contributed by atoms with Crippen molar-refractivity contribution in [2.45, 2.75) is 84.0 Å². The number of rotatable bonds is 1. The van der Waals surface area contributed by atoms with Gasteiger partial charge in [0.15, 0.2) is 5.78 Å². The highest BCUT2D eigenvalue weighted by molar-refractivity contribution is 6.05. The van der Waals surface area contributed by atoms with Gasteiger partial charge in [0.1, 0.15) is 6.10 Å². The molecule has 1 spiro atoms. The van der Waals surface area contributed by atoms with E-state index in [2.05, 4.69) is 27.4 Å². The largest absolute Gasteiger partial charge is 0.462 e. The number of ether oxygens (including phenoxy) is 1. The van der Waals surface area contributed by atoms with Gasteiger partial charge in [-0.2, -0.15) is 0 Å². The minimum Gasteiger partial charge on any atom is -0.462 e. The second kappa shape index (κ2) is 5.44. The highest BCUT2D eigenvalue weighted by Crippen LogP contribution is 2.72. The fourth-order valence-electron chi connectivity index (χ4n) is 7.76. The number of hydrogen-bond acceptors (Lipinski definition) is 5. The maximum atomic E-state index is 13.4. The van der Waals surface area contributed by atoms with E-state index in [9.17, 15) is 19.8 Å². The van der Waals surface area contributed by atoms with Crippen LogP contribution in [0.3, 0.4) is 0 Å². The van der Waals surface area contributed by atoms with E-state index in [1.54, 1.807) is 0 Å². The van der Waals surface area contributed by atoms with Crippen molar-refractivity contribution in [3.8, 4) is 0 Å². The molecule has 150 valence electrons. The number of aliphatic hydroxyl groups is 2. The summed E-state index contributed by atoms with van der Waals surface area (Å²) in [6.45, 7) is 11.8. The molecule has 7 atom stereocenters. The fourth-order valence-corrected chi connectivity index (χ4v) is 7.76. The van der Waals surface area contributed by atoms with Crippen LogP contribution < -0.4 is 0 Å². The second-order valence-corrected chi connectivity index (χ2v) is 10.5. The average Bonchev–Trinajstić information content (AvgIpc) is 2.68. The highest BCUT2D eigenvalue weighted by Gasteiger charge is 2.73. The molecule has 0 aromatic heterocycles. The molecular formula is C22H32O5. The van der Waals surface area contributed by atoms with Gasteiger partial charge in [-0.3, -0.25) is 9.59 Å². The van der Waals surface area contributed by atoms with E-state index in [0.29, 0.717) is 24.8 Å². The van der Waals surface area contributed by atoms with Gasteiger partial charge in [0.25, 0.3) is 0 Å². The van der Waals surface area contributed by atoms with Crippen molar-refractivity contribution in [1.29, 1.82) is 0 Å². The number of ketones is 1. The first-order valence-corrected chi connectivity index (χ1v) is 10.2. The van der Waals surface area contributed by atoms with Crippen LogP contribution in [0.5, 0.6) is 0 Å². The zero-order valence-corrected chi connectivity index (χ0v) is 16.9. The molecule has 4 saturated carbocycles. The number of Topliss-reactive ketones (excluding diaryl/α,β-unsaturated/α-hetero) is 1. The minimum absolute atomic E-state index is 0.0340. The summed E-state index contributed by atoms with van der Waals surface area (Å²) in [5.74, 6) is -0.325. The van der Waals surface area contributed by atoms with Gasteiger partial charge in [0.2, 0.25) is 0 Å². The summed E-state index contributed by atoms with van der Waals surface area (Å²) in [4.78, 5) is 25.3. The van der Waals surface area contributed by atoms with Gasteiger partial charge in [-0.1, -0.05) is 27.4 Å². The van der Waals surface area contributed by atoms with E-state index in [1.165, 1.54) is 6.92 Å². The van der Waals surface area contributed by atoms with Crippen LogP contribution in [-0.4, -0.2) is 39.8 Å². The van der Waals surface area contributed by atoms with E-state index in [1.807, 2.05) is 0 Å². The van der Waals surface area contributed by atoms with Crippen LogP contribution in [0.1, 0.15) is 66.2 Å². The fraction of sp³-hybridized carbons (Fsp3) is 0.818. The lowest BCUT2D eigenvalue weighted by Crippen LogP contribution is -2.65. The summed E-state index contributed by atoms with van der Waals surface area (Å²) in [7, 11) is 0. The molecule has 5 nitrogen and oxygen atoms in total. The lowest BCUT2D eigenvalue weighted by Gasteiger charge is -2.65. The number of carbonyl (C=O) groups is 2. The molecule has 0 unspecified atom stereocenters. The third-order valence-corrected chi connectivity index (χ3v) is 8.82. The van der Waals surface area contributed by atoms with Crippen LogP contribution in [0, 0.1) is 28.1 Å². The molecule has 2 bridgehead atoms. The molecule has 2 N–H and O–H groups in total. The van der Waals surface area contributed by atoms with Crippen molar-refractivity contribution in [3.05, 3.63) is 12.2 Å². The first-order chi connectivity index (χ1) is 12.4. The molecule has 27 heavy (non-hydrogen) atoms. The summed E-state index contributed by atoms with van der Waals surface area (Å²) >= 11 is 0. The van der Waals surface area contributed by atoms with Crippen molar-refractivity contribution in [3.63, 3.8) is 0 Å². The molecule has 4 rings (SSSR count). The standard InChI is InChI=1S/C22H32O5/c1-12-18(25)21-9-6-15-19(3,4)16(24)7-8-20(15,5)17(21)14(27-13(2)23)10-22(12,26)11-21/h14-17,24,26H,1,6-11H2,2-5H3/t14-,15+,16+,17-,20+,21+,22-/m0/s1. The molecule has 5 heteroatoms. The molecule has 0 aromatic carbocycles. The Kier molecular flexibility index (Phi) is 3.86. The number of esters is 1. The van der Waals surface area contributed by atoms with Crippen LogP contribution in [0.2, 0.25) is 0 Å². The van der Waals surface area contributed by atoms with Crippen LogP contribution in [0.25, 0.3) is 0 Å². The Bertz CT molecular complexity index is 726. The van der Waals surface area contributed by atoms with E-state index in [4.69, 9.17) is 4.74 Å². The van der Waals surface area contributed by atoms with Crippen molar-refractivity contribution in [2.24, 2.45) is 28.1 Å². The molecule has 4 aliphatic carbocycles. The Labute approximate surface area is 161 Å². The van der Waals surface area contributed by atoms with Gasteiger partial charge in [0.05, 0.1) is 11.7 Å². The van der Waals surface area contributed by atoms with Crippen molar-refractivity contribution in [2.75, 3.05) is 0 Å². The molecule has 0 heterocycles. The van der Waals surface area contributed by atoms with Crippen molar-refractivity contribution < 1.29 is 24.5 Å². The molecule has 0 amide bonds. The quantitative estimate of drug-likeness (QED) is 0.543. The topological polar surface area (TPSA) is 83.8 Å². The van der Waals surface area contributed by atoms with Crippen molar-refractivity contribution >= 4 is 11.8 Å². The van der Waals surface area contributed by atoms with Gasteiger partial charge in [-0.25, -0.2) is 0 Å². The molecule has 0 saturated heterocycles.